The third-order valence-electron chi connectivity index (χ3n) is 3.14. The van der Waals surface area contributed by atoms with Gasteiger partial charge in [-0.15, -0.1) is 0 Å². The summed E-state index contributed by atoms with van der Waals surface area (Å²) in [4.78, 5) is 25.7. The first kappa shape index (κ1) is 15.2. The Morgan fingerprint density at radius 3 is 2.81 bits per heavy atom. The van der Waals surface area contributed by atoms with Crippen LogP contribution in [0.4, 0.5) is 11.4 Å². The second-order valence-corrected chi connectivity index (χ2v) is 5.17. The quantitative estimate of drug-likeness (QED) is 0.675. The first-order valence-electron chi connectivity index (χ1n) is 7.00. The SMILES string of the molecule is CCC1Oc2cccc(N)c2N(CC(=O)OC(C)C)C1=O. The number of nitrogens with zero attached hydrogens (tertiary/aromatic N) is 1. The Bertz CT molecular complexity index is 557. The van der Waals surface area contributed by atoms with Crippen LogP contribution < -0.4 is 15.4 Å². The molecule has 0 bridgehead atoms. The number of benzene rings is 1. The average molecular weight is 292 g/mol. The van der Waals surface area contributed by atoms with E-state index in [-0.39, 0.29) is 18.6 Å². The van der Waals surface area contributed by atoms with Crippen LogP contribution in [0.5, 0.6) is 5.75 Å². The molecule has 0 radical (unpaired) electrons. The summed E-state index contributed by atoms with van der Waals surface area (Å²) >= 11 is 0. The molecule has 2 N–H and O–H groups in total. The van der Waals surface area contributed by atoms with E-state index in [0.717, 1.165) is 0 Å². The Morgan fingerprint density at radius 2 is 2.19 bits per heavy atom. The van der Waals surface area contributed by atoms with Crippen molar-refractivity contribution >= 4 is 23.3 Å². The fourth-order valence-corrected chi connectivity index (χ4v) is 2.26. The number of para-hydroxylation sites is 1. The summed E-state index contributed by atoms with van der Waals surface area (Å²) < 4.78 is 10.8. The number of amides is 1. The molecule has 1 atom stereocenters. The van der Waals surface area contributed by atoms with E-state index in [1.807, 2.05) is 6.92 Å². The van der Waals surface area contributed by atoms with Crippen LogP contribution in [-0.2, 0) is 14.3 Å². The van der Waals surface area contributed by atoms with Crippen molar-refractivity contribution in [3.05, 3.63) is 18.2 Å². The molecule has 6 heteroatoms. The Kier molecular flexibility index (Phi) is 4.35. The zero-order valence-electron chi connectivity index (χ0n) is 12.5. The summed E-state index contributed by atoms with van der Waals surface area (Å²) in [5, 5.41) is 0. The van der Waals surface area contributed by atoms with Crippen molar-refractivity contribution in [1.82, 2.24) is 0 Å². The fourth-order valence-electron chi connectivity index (χ4n) is 2.26. The van der Waals surface area contributed by atoms with Gasteiger partial charge in [-0.05, 0) is 32.4 Å². The number of carbonyl (C=O) groups excluding carboxylic acids is 2. The van der Waals surface area contributed by atoms with Crippen molar-refractivity contribution in [3.63, 3.8) is 0 Å². The van der Waals surface area contributed by atoms with Crippen LogP contribution >= 0.6 is 0 Å². The van der Waals surface area contributed by atoms with Crippen molar-refractivity contribution in [2.24, 2.45) is 0 Å². The van der Waals surface area contributed by atoms with Gasteiger partial charge in [0.2, 0.25) is 0 Å². The molecule has 1 amide bonds. The minimum Gasteiger partial charge on any atom is -0.478 e. The Balaban J connectivity index is 2.34. The highest BCUT2D eigenvalue weighted by atomic mass is 16.5. The number of nitrogen functional groups attached to an aromatic ring is 1. The molecule has 1 aliphatic rings. The molecule has 114 valence electrons. The largest absolute Gasteiger partial charge is 0.478 e. The molecule has 1 aromatic carbocycles. The predicted molar refractivity (Wildman–Crippen MR) is 79.1 cm³/mol. The summed E-state index contributed by atoms with van der Waals surface area (Å²) in [6, 6.07) is 5.16. The number of hydrogen-bond donors (Lipinski definition) is 1. The van der Waals surface area contributed by atoms with E-state index >= 15 is 0 Å². The van der Waals surface area contributed by atoms with Gasteiger partial charge >= 0.3 is 5.97 Å². The van der Waals surface area contributed by atoms with Gasteiger partial charge in [0, 0.05) is 0 Å². The van der Waals surface area contributed by atoms with Crippen LogP contribution in [0.1, 0.15) is 27.2 Å². The van der Waals surface area contributed by atoms with Crippen LogP contribution in [0.2, 0.25) is 0 Å². The summed E-state index contributed by atoms with van der Waals surface area (Å²) in [7, 11) is 0. The number of rotatable bonds is 4. The van der Waals surface area contributed by atoms with E-state index in [1.54, 1.807) is 32.0 Å². The van der Waals surface area contributed by atoms with Gasteiger partial charge in [-0.25, -0.2) is 0 Å². The maximum absolute atomic E-state index is 12.4. The molecule has 6 nitrogen and oxygen atoms in total. The lowest BCUT2D eigenvalue weighted by Gasteiger charge is -2.34. The van der Waals surface area contributed by atoms with Crippen LogP contribution in [0, 0.1) is 0 Å². The lowest BCUT2D eigenvalue weighted by atomic mass is 10.1. The zero-order chi connectivity index (χ0) is 15.6. The smallest absolute Gasteiger partial charge is 0.326 e. The Morgan fingerprint density at radius 1 is 1.48 bits per heavy atom. The topological polar surface area (TPSA) is 81.9 Å². The summed E-state index contributed by atoms with van der Waals surface area (Å²) in [5.74, 6) is -0.230. The maximum Gasteiger partial charge on any atom is 0.326 e. The first-order valence-corrected chi connectivity index (χ1v) is 7.00. The van der Waals surface area contributed by atoms with Gasteiger partial charge < -0.3 is 15.2 Å². The van der Waals surface area contributed by atoms with Gasteiger partial charge in [-0.1, -0.05) is 13.0 Å². The monoisotopic (exact) mass is 292 g/mol. The van der Waals surface area contributed by atoms with Gasteiger partial charge in [0.1, 0.15) is 18.0 Å². The van der Waals surface area contributed by atoms with Gasteiger partial charge in [0.15, 0.2) is 6.10 Å². The third-order valence-corrected chi connectivity index (χ3v) is 3.14. The average Bonchev–Trinajstić information content (AvgIpc) is 2.40. The number of nitrogens with two attached hydrogens (primary N) is 1. The van der Waals surface area contributed by atoms with E-state index in [1.165, 1.54) is 4.90 Å². The predicted octanol–water partition coefficient (Wildman–Crippen LogP) is 1.72. The summed E-state index contributed by atoms with van der Waals surface area (Å²) in [6.45, 7) is 5.20. The second-order valence-electron chi connectivity index (χ2n) is 5.17. The Labute approximate surface area is 123 Å². The van der Waals surface area contributed by atoms with Gasteiger partial charge in [0.05, 0.1) is 11.8 Å². The molecule has 1 heterocycles. The van der Waals surface area contributed by atoms with Crippen LogP contribution in [0.25, 0.3) is 0 Å². The highest BCUT2D eigenvalue weighted by molar-refractivity contribution is 6.05. The molecular weight excluding hydrogens is 272 g/mol. The first-order chi connectivity index (χ1) is 9.93. The molecule has 0 aromatic heterocycles. The summed E-state index contributed by atoms with van der Waals surface area (Å²) in [6.07, 6.45) is -0.322. The van der Waals surface area contributed by atoms with E-state index in [2.05, 4.69) is 0 Å². The van der Waals surface area contributed by atoms with Crippen LogP contribution in [0.15, 0.2) is 18.2 Å². The maximum atomic E-state index is 12.4. The van der Waals surface area contributed by atoms with Crippen molar-refractivity contribution in [2.75, 3.05) is 17.2 Å². The van der Waals surface area contributed by atoms with E-state index < -0.39 is 12.1 Å². The minimum absolute atomic E-state index is 0.169. The molecule has 0 saturated heterocycles. The van der Waals surface area contributed by atoms with E-state index in [4.69, 9.17) is 15.2 Å². The molecule has 0 aliphatic carbocycles. The van der Waals surface area contributed by atoms with Crippen molar-refractivity contribution in [2.45, 2.75) is 39.4 Å². The van der Waals surface area contributed by atoms with E-state index in [0.29, 0.717) is 23.5 Å². The van der Waals surface area contributed by atoms with Crippen LogP contribution in [-0.4, -0.2) is 30.6 Å². The molecule has 0 saturated carbocycles. The van der Waals surface area contributed by atoms with Gasteiger partial charge in [-0.2, -0.15) is 0 Å². The second kappa shape index (κ2) is 6.03. The molecule has 1 unspecified atom stereocenters. The molecule has 2 rings (SSSR count). The van der Waals surface area contributed by atoms with E-state index in [9.17, 15) is 9.59 Å². The van der Waals surface area contributed by atoms with Gasteiger partial charge in [0.25, 0.3) is 5.91 Å². The lowest BCUT2D eigenvalue weighted by molar-refractivity contribution is -0.147. The third kappa shape index (κ3) is 3.09. The Hall–Kier alpha value is -2.24. The molecule has 1 aliphatic heterocycles. The molecular formula is C15H20N2O4. The lowest BCUT2D eigenvalue weighted by Crippen LogP contribution is -2.48. The van der Waals surface area contributed by atoms with Gasteiger partial charge in [-0.3, -0.25) is 14.5 Å². The number of carbonyl (C=O) groups is 2. The number of hydrogen-bond acceptors (Lipinski definition) is 5. The molecule has 0 fully saturated rings. The zero-order valence-corrected chi connectivity index (χ0v) is 12.5. The highest BCUT2D eigenvalue weighted by Gasteiger charge is 2.36. The standard InChI is InChI=1S/C15H20N2O4/c1-4-11-15(19)17(8-13(18)20-9(2)3)14-10(16)6-5-7-12(14)21-11/h5-7,9,11H,4,8,16H2,1-3H3. The number of esters is 1. The van der Waals surface area contributed by atoms with Crippen molar-refractivity contribution in [1.29, 1.82) is 0 Å². The normalized spacial score (nSPS) is 17.4. The van der Waals surface area contributed by atoms with Crippen molar-refractivity contribution < 1.29 is 19.1 Å². The van der Waals surface area contributed by atoms with Crippen molar-refractivity contribution in [3.8, 4) is 5.75 Å². The number of fused-ring (bicyclic) bond motifs is 1. The number of anilines is 2. The number of ether oxygens (including phenoxy) is 2. The van der Waals surface area contributed by atoms with Crippen LogP contribution in [0.3, 0.4) is 0 Å². The minimum atomic E-state index is -0.605. The molecule has 21 heavy (non-hydrogen) atoms. The summed E-state index contributed by atoms with van der Waals surface area (Å²) in [5.41, 5.74) is 6.77. The molecule has 1 aromatic rings. The fraction of sp³-hybridized carbons (Fsp3) is 0.467. The highest BCUT2D eigenvalue weighted by Crippen LogP contribution is 2.39. The molecule has 0 spiro atoms.